The summed E-state index contributed by atoms with van der Waals surface area (Å²) in [5.41, 5.74) is -0.899. The van der Waals surface area contributed by atoms with Crippen LogP contribution in [0.15, 0.2) is 46.9 Å². The third kappa shape index (κ3) is 4.55. The summed E-state index contributed by atoms with van der Waals surface area (Å²) in [6.45, 7) is 0. The van der Waals surface area contributed by atoms with Crippen LogP contribution in [0.5, 0.6) is 5.75 Å². The Hall–Kier alpha value is -2.87. The first-order chi connectivity index (χ1) is 10.8. The highest BCUT2D eigenvalue weighted by atomic mass is 79.9. The molecule has 0 heterocycles. The van der Waals surface area contributed by atoms with Crippen LogP contribution in [0.1, 0.15) is 20.7 Å². The lowest BCUT2D eigenvalue weighted by molar-refractivity contribution is -0.255. The first-order valence-corrected chi connectivity index (χ1v) is 6.96. The number of carbonyl (C=O) groups excluding carboxylic acids is 3. The highest BCUT2D eigenvalue weighted by molar-refractivity contribution is 9.10. The fourth-order valence-electron chi connectivity index (χ4n) is 1.69. The molecule has 8 heteroatoms. The summed E-state index contributed by atoms with van der Waals surface area (Å²) in [7, 11) is 0. The van der Waals surface area contributed by atoms with Crippen LogP contribution >= 0.6 is 15.9 Å². The topological polar surface area (TPSA) is 119 Å². The molecular formula is C15H8BrNO6-2. The molecule has 0 aliphatic carbocycles. The van der Waals surface area contributed by atoms with Crippen LogP contribution in [-0.4, -0.2) is 18.0 Å². The quantitative estimate of drug-likeness (QED) is 0.840. The lowest BCUT2D eigenvalue weighted by atomic mass is 10.1. The molecule has 118 valence electrons. The maximum Gasteiger partial charge on any atom is 0.417 e. The number of hydrogen-bond donors (Lipinski definition) is 1. The molecule has 0 unspecified atom stereocenters. The van der Waals surface area contributed by atoms with Crippen LogP contribution in [0.4, 0.5) is 10.5 Å². The Kier molecular flexibility index (Phi) is 4.97. The molecule has 0 spiro atoms. The van der Waals surface area contributed by atoms with E-state index in [9.17, 15) is 24.6 Å². The first-order valence-electron chi connectivity index (χ1n) is 6.17. The molecule has 1 amide bonds. The SMILES string of the molecule is O=C(Nc1cc(C(=O)[O-])cc(C(=O)[O-])c1)Oc1ccc(Br)cc1. The van der Waals surface area contributed by atoms with Gasteiger partial charge in [0, 0.05) is 10.2 Å². The minimum absolute atomic E-state index is 0.0759. The van der Waals surface area contributed by atoms with Gasteiger partial charge in [-0.3, -0.25) is 5.32 Å². The van der Waals surface area contributed by atoms with Gasteiger partial charge < -0.3 is 24.5 Å². The zero-order valence-electron chi connectivity index (χ0n) is 11.4. The smallest absolute Gasteiger partial charge is 0.417 e. The molecule has 0 bridgehead atoms. The number of benzene rings is 2. The van der Waals surface area contributed by atoms with Crippen LogP contribution in [0.3, 0.4) is 0 Å². The van der Waals surface area contributed by atoms with Crippen molar-refractivity contribution in [3.8, 4) is 5.75 Å². The lowest BCUT2D eigenvalue weighted by Crippen LogP contribution is -2.26. The highest BCUT2D eigenvalue weighted by Crippen LogP contribution is 2.18. The Labute approximate surface area is 138 Å². The average Bonchev–Trinajstić information content (AvgIpc) is 2.49. The van der Waals surface area contributed by atoms with Crippen molar-refractivity contribution in [3.05, 3.63) is 58.1 Å². The highest BCUT2D eigenvalue weighted by Gasteiger charge is 2.08. The van der Waals surface area contributed by atoms with Gasteiger partial charge >= 0.3 is 6.09 Å². The minimum atomic E-state index is -1.59. The molecule has 0 atom stereocenters. The van der Waals surface area contributed by atoms with E-state index in [1.165, 1.54) is 12.1 Å². The molecule has 1 N–H and O–H groups in total. The molecule has 23 heavy (non-hydrogen) atoms. The van der Waals surface area contributed by atoms with E-state index in [1.54, 1.807) is 12.1 Å². The van der Waals surface area contributed by atoms with Crippen molar-refractivity contribution in [3.63, 3.8) is 0 Å². The van der Waals surface area contributed by atoms with Gasteiger partial charge in [0.25, 0.3) is 0 Å². The van der Waals surface area contributed by atoms with Gasteiger partial charge in [0.05, 0.1) is 11.9 Å². The van der Waals surface area contributed by atoms with Crippen molar-refractivity contribution in [1.29, 1.82) is 0 Å². The number of nitrogens with one attached hydrogen (secondary N) is 1. The van der Waals surface area contributed by atoms with Gasteiger partial charge in [0.2, 0.25) is 0 Å². The standard InChI is InChI=1S/C15H10BrNO6/c16-10-1-3-12(4-2-10)23-15(22)17-11-6-8(13(18)19)5-9(7-11)14(20)21/h1-7H,(H,17,22)(H,18,19)(H,20,21)/p-2. The van der Waals surface area contributed by atoms with E-state index in [1.807, 2.05) is 0 Å². The van der Waals surface area contributed by atoms with Crippen LogP contribution in [0, 0.1) is 0 Å². The van der Waals surface area contributed by atoms with Gasteiger partial charge in [-0.25, -0.2) is 4.79 Å². The van der Waals surface area contributed by atoms with Gasteiger partial charge in [-0.15, -0.1) is 0 Å². The number of carboxylic acids is 2. The molecule has 2 aromatic carbocycles. The molecule has 0 saturated carbocycles. The molecule has 0 fully saturated rings. The summed E-state index contributed by atoms with van der Waals surface area (Å²) in [6, 6.07) is 9.36. The number of carboxylic acid groups (broad SMARTS) is 2. The maximum atomic E-state index is 11.8. The van der Waals surface area contributed by atoms with E-state index in [4.69, 9.17) is 4.74 Å². The van der Waals surface area contributed by atoms with Gasteiger partial charge in [0.1, 0.15) is 5.75 Å². The molecule has 0 aliphatic heterocycles. The van der Waals surface area contributed by atoms with Crippen LogP contribution in [0.2, 0.25) is 0 Å². The van der Waals surface area contributed by atoms with Crippen molar-refractivity contribution < 1.29 is 29.3 Å². The Morgan fingerprint density at radius 1 is 0.913 bits per heavy atom. The molecule has 7 nitrogen and oxygen atoms in total. The van der Waals surface area contributed by atoms with E-state index < -0.39 is 29.2 Å². The zero-order chi connectivity index (χ0) is 17.0. The second-order valence-corrected chi connectivity index (χ2v) is 5.26. The third-order valence-corrected chi connectivity index (χ3v) is 3.20. The average molecular weight is 378 g/mol. The molecule has 0 aliphatic rings. The molecule has 2 aromatic rings. The fraction of sp³-hybridized carbons (Fsp3) is 0. The predicted octanol–water partition coefficient (Wildman–Crippen LogP) is 0.787. The van der Waals surface area contributed by atoms with Crippen LogP contribution < -0.4 is 20.3 Å². The van der Waals surface area contributed by atoms with Crippen molar-refractivity contribution in [1.82, 2.24) is 0 Å². The van der Waals surface area contributed by atoms with Gasteiger partial charge in [0.15, 0.2) is 0 Å². The first kappa shape index (κ1) is 16.5. The second-order valence-electron chi connectivity index (χ2n) is 4.34. The Bertz CT molecular complexity index is 740. The molecule has 0 saturated heterocycles. The number of aromatic carboxylic acids is 2. The number of halogens is 1. The number of amides is 1. The second kappa shape index (κ2) is 6.93. The van der Waals surface area contributed by atoms with E-state index in [-0.39, 0.29) is 11.4 Å². The Morgan fingerprint density at radius 2 is 1.43 bits per heavy atom. The number of carbonyl (C=O) groups is 3. The van der Waals surface area contributed by atoms with Crippen molar-refractivity contribution in [2.24, 2.45) is 0 Å². The molecule has 0 aromatic heterocycles. The zero-order valence-corrected chi connectivity index (χ0v) is 13.0. The molecule has 2 rings (SSSR count). The summed E-state index contributed by atoms with van der Waals surface area (Å²) in [5.74, 6) is -2.92. The number of hydrogen-bond acceptors (Lipinski definition) is 6. The summed E-state index contributed by atoms with van der Waals surface area (Å²) in [5, 5.41) is 24.0. The van der Waals surface area contributed by atoms with Crippen LogP contribution in [-0.2, 0) is 0 Å². The van der Waals surface area contributed by atoms with Crippen molar-refractivity contribution in [2.45, 2.75) is 0 Å². The lowest BCUT2D eigenvalue weighted by Gasteiger charge is -2.12. The summed E-state index contributed by atoms with van der Waals surface area (Å²) < 4.78 is 5.77. The minimum Gasteiger partial charge on any atom is -0.545 e. The van der Waals surface area contributed by atoms with E-state index >= 15 is 0 Å². The van der Waals surface area contributed by atoms with Gasteiger partial charge in [-0.05, 0) is 53.6 Å². The van der Waals surface area contributed by atoms with Crippen LogP contribution in [0.25, 0.3) is 0 Å². The summed E-state index contributed by atoms with van der Waals surface area (Å²) >= 11 is 3.23. The van der Waals surface area contributed by atoms with E-state index in [0.717, 1.165) is 22.7 Å². The summed E-state index contributed by atoms with van der Waals surface area (Å²) in [4.78, 5) is 33.5. The Balaban J connectivity index is 2.18. The van der Waals surface area contributed by atoms with Crippen molar-refractivity contribution >= 4 is 39.6 Å². The monoisotopic (exact) mass is 377 g/mol. The van der Waals surface area contributed by atoms with E-state index in [0.29, 0.717) is 0 Å². The van der Waals surface area contributed by atoms with Gasteiger partial charge in [-0.1, -0.05) is 15.9 Å². The van der Waals surface area contributed by atoms with E-state index in [2.05, 4.69) is 21.2 Å². The normalized spacial score (nSPS) is 9.96. The van der Waals surface area contributed by atoms with Crippen molar-refractivity contribution in [2.75, 3.05) is 5.32 Å². The molecule has 0 radical (unpaired) electrons. The predicted molar refractivity (Wildman–Crippen MR) is 78.9 cm³/mol. The van der Waals surface area contributed by atoms with Gasteiger partial charge in [-0.2, -0.15) is 0 Å². The summed E-state index contributed by atoms with van der Waals surface area (Å²) in [6.07, 6.45) is -0.910. The number of anilines is 1. The largest absolute Gasteiger partial charge is 0.545 e. The fourth-order valence-corrected chi connectivity index (χ4v) is 1.95. The Morgan fingerprint density at radius 3 is 1.91 bits per heavy atom. The maximum absolute atomic E-state index is 11.8. The molecular weight excluding hydrogens is 370 g/mol. The number of ether oxygens (including phenoxy) is 1. The third-order valence-electron chi connectivity index (χ3n) is 2.68. The number of rotatable bonds is 4.